The van der Waals surface area contributed by atoms with Crippen molar-refractivity contribution in [3.8, 4) is 0 Å². The van der Waals surface area contributed by atoms with Gasteiger partial charge in [-0.3, -0.25) is 10.2 Å². The molecular weight excluding hydrogens is 380 g/mol. The van der Waals surface area contributed by atoms with E-state index in [2.05, 4.69) is 20.8 Å². The summed E-state index contributed by atoms with van der Waals surface area (Å²) >= 11 is 1.53. The van der Waals surface area contributed by atoms with Gasteiger partial charge in [-0.05, 0) is 61.7 Å². The van der Waals surface area contributed by atoms with Crippen molar-refractivity contribution < 1.29 is 4.79 Å². The molecule has 4 rings (SSSR count). The van der Waals surface area contributed by atoms with E-state index in [1.54, 1.807) is 0 Å². The molecule has 0 aliphatic heterocycles. The zero-order chi connectivity index (χ0) is 20.5. The Morgan fingerprint density at radius 2 is 1.83 bits per heavy atom. The Kier molecular flexibility index (Phi) is 5.03. The van der Waals surface area contributed by atoms with Gasteiger partial charge < -0.3 is 5.32 Å². The maximum Gasteiger partial charge on any atom is 0.256 e. The maximum atomic E-state index is 13.1. The summed E-state index contributed by atoms with van der Waals surface area (Å²) in [6, 6.07) is 15.7. The molecule has 0 bridgehead atoms. The number of carbonyl (C=O) groups is 1. The number of carbonyl (C=O) groups excluding carboxylic acids is 1. The Balaban J connectivity index is 1.72. The summed E-state index contributed by atoms with van der Waals surface area (Å²) in [5, 5.41) is 10.1. The van der Waals surface area contributed by atoms with Crippen LogP contribution in [-0.2, 0) is 0 Å². The zero-order valence-corrected chi connectivity index (χ0v) is 17.6. The highest BCUT2D eigenvalue weighted by Gasteiger charge is 2.16. The molecule has 0 unspecified atom stereocenters. The van der Waals surface area contributed by atoms with Gasteiger partial charge in [-0.25, -0.2) is 4.98 Å². The molecule has 6 heteroatoms. The number of benzene rings is 3. The molecule has 0 aliphatic carbocycles. The van der Waals surface area contributed by atoms with Crippen LogP contribution in [-0.4, -0.2) is 16.6 Å². The number of nitrogens with zero attached hydrogens (tertiary/aromatic N) is 2. The minimum absolute atomic E-state index is 0.110. The molecule has 1 heterocycles. The Morgan fingerprint density at radius 1 is 1.07 bits per heavy atom. The van der Waals surface area contributed by atoms with Crippen molar-refractivity contribution in [2.75, 3.05) is 10.7 Å². The predicted octanol–water partition coefficient (Wildman–Crippen LogP) is 6.13. The zero-order valence-electron chi connectivity index (χ0n) is 16.8. The number of anilines is 2. The quantitative estimate of drug-likeness (QED) is 0.319. The second kappa shape index (κ2) is 7.64. The molecule has 0 aliphatic rings. The van der Waals surface area contributed by atoms with E-state index in [1.165, 1.54) is 11.3 Å². The normalized spacial score (nSPS) is 10.9. The molecule has 0 saturated heterocycles. The Labute approximate surface area is 173 Å². The van der Waals surface area contributed by atoms with Gasteiger partial charge in [-0.15, -0.1) is 0 Å². The van der Waals surface area contributed by atoms with E-state index in [0.717, 1.165) is 48.6 Å². The van der Waals surface area contributed by atoms with Crippen molar-refractivity contribution in [1.29, 1.82) is 0 Å². The number of amides is 1. The largest absolute Gasteiger partial charge is 0.321 e. The molecule has 1 aromatic heterocycles. The first-order chi connectivity index (χ1) is 13.9. The van der Waals surface area contributed by atoms with Crippen LogP contribution in [0.2, 0.25) is 0 Å². The van der Waals surface area contributed by atoms with Crippen molar-refractivity contribution in [2.24, 2.45) is 5.10 Å². The average Bonchev–Trinajstić information content (AvgIpc) is 3.12. The lowest BCUT2D eigenvalue weighted by molar-refractivity contribution is 0.102. The Hall–Kier alpha value is -3.25. The van der Waals surface area contributed by atoms with Gasteiger partial charge in [0, 0.05) is 17.0 Å². The molecule has 4 aromatic rings. The van der Waals surface area contributed by atoms with Crippen LogP contribution in [0.1, 0.15) is 35.3 Å². The standard InChI is InChI=1S/C23H22N4OS/c1-13(2)26-27-23-24-19-12-14(3)20(15(4)21(19)29-23)25-22(28)18-11-7-9-16-8-5-6-10-17(16)18/h5-12H,1-4H3,(H,24,27)(H,25,28). The third-order valence-electron chi connectivity index (χ3n) is 4.76. The first kappa shape index (κ1) is 19.1. The second-order valence-electron chi connectivity index (χ2n) is 7.21. The lowest BCUT2D eigenvalue weighted by Crippen LogP contribution is -2.14. The van der Waals surface area contributed by atoms with E-state index < -0.39 is 0 Å². The van der Waals surface area contributed by atoms with Crippen LogP contribution >= 0.6 is 11.3 Å². The highest BCUT2D eigenvalue weighted by Crippen LogP contribution is 2.35. The van der Waals surface area contributed by atoms with Crippen LogP contribution in [0.5, 0.6) is 0 Å². The van der Waals surface area contributed by atoms with Gasteiger partial charge in [-0.1, -0.05) is 47.7 Å². The van der Waals surface area contributed by atoms with Crippen molar-refractivity contribution in [3.63, 3.8) is 0 Å². The van der Waals surface area contributed by atoms with Gasteiger partial charge in [0.2, 0.25) is 5.13 Å². The molecule has 1 amide bonds. The first-order valence-electron chi connectivity index (χ1n) is 9.41. The Bertz CT molecular complexity index is 1260. The van der Waals surface area contributed by atoms with E-state index in [0.29, 0.717) is 5.56 Å². The number of hydrogen-bond acceptors (Lipinski definition) is 5. The van der Waals surface area contributed by atoms with Gasteiger partial charge in [0.15, 0.2) is 0 Å². The van der Waals surface area contributed by atoms with Crippen LogP contribution < -0.4 is 10.7 Å². The number of fused-ring (bicyclic) bond motifs is 2. The van der Waals surface area contributed by atoms with Gasteiger partial charge >= 0.3 is 0 Å². The van der Waals surface area contributed by atoms with E-state index in [1.807, 2.05) is 76.2 Å². The molecule has 29 heavy (non-hydrogen) atoms. The highest BCUT2D eigenvalue weighted by molar-refractivity contribution is 7.22. The third-order valence-corrected chi connectivity index (χ3v) is 5.86. The predicted molar refractivity (Wildman–Crippen MR) is 123 cm³/mol. The number of rotatable bonds is 4. The minimum atomic E-state index is -0.110. The summed E-state index contributed by atoms with van der Waals surface area (Å²) < 4.78 is 1.04. The number of aromatic nitrogens is 1. The summed E-state index contributed by atoms with van der Waals surface area (Å²) in [4.78, 5) is 17.7. The van der Waals surface area contributed by atoms with E-state index in [4.69, 9.17) is 0 Å². The average molecular weight is 403 g/mol. The fraction of sp³-hybridized carbons (Fsp3) is 0.174. The smallest absolute Gasteiger partial charge is 0.256 e. The number of thiazole rings is 1. The van der Waals surface area contributed by atoms with E-state index in [-0.39, 0.29) is 5.91 Å². The number of hydrogen-bond donors (Lipinski definition) is 2. The maximum absolute atomic E-state index is 13.1. The third kappa shape index (κ3) is 3.71. The van der Waals surface area contributed by atoms with E-state index >= 15 is 0 Å². The molecule has 2 N–H and O–H groups in total. The van der Waals surface area contributed by atoms with Crippen LogP contribution in [0.3, 0.4) is 0 Å². The second-order valence-corrected chi connectivity index (χ2v) is 8.21. The lowest BCUT2D eigenvalue weighted by Gasteiger charge is -2.13. The first-order valence-corrected chi connectivity index (χ1v) is 10.2. The number of aryl methyl sites for hydroxylation is 2. The van der Waals surface area contributed by atoms with Gasteiger partial charge in [0.05, 0.1) is 10.2 Å². The fourth-order valence-electron chi connectivity index (χ4n) is 3.39. The molecule has 0 saturated carbocycles. The summed E-state index contributed by atoms with van der Waals surface area (Å²) in [5.74, 6) is -0.110. The van der Waals surface area contributed by atoms with Crippen molar-refractivity contribution in [2.45, 2.75) is 27.7 Å². The summed E-state index contributed by atoms with van der Waals surface area (Å²) in [5.41, 5.74) is 8.32. The van der Waals surface area contributed by atoms with Gasteiger partial charge in [0.1, 0.15) is 0 Å². The van der Waals surface area contributed by atoms with E-state index in [9.17, 15) is 4.79 Å². The Morgan fingerprint density at radius 3 is 2.62 bits per heavy atom. The minimum Gasteiger partial charge on any atom is -0.321 e. The molecular formula is C23H22N4OS. The molecule has 3 aromatic carbocycles. The summed E-state index contributed by atoms with van der Waals surface area (Å²) in [7, 11) is 0. The topological polar surface area (TPSA) is 66.4 Å². The molecule has 0 radical (unpaired) electrons. The van der Waals surface area contributed by atoms with Crippen LogP contribution in [0, 0.1) is 13.8 Å². The molecule has 146 valence electrons. The molecule has 0 atom stereocenters. The fourth-order valence-corrected chi connectivity index (χ4v) is 4.28. The summed E-state index contributed by atoms with van der Waals surface area (Å²) in [6.45, 7) is 7.86. The van der Waals surface area contributed by atoms with Crippen LogP contribution in [0.15, 0.2) is 53.6 Å². The molecule has 0 fully saturated rings. The van der Waals surface area contributed by atoms with Crippen molar-refractivity contribution >= 4 is 54.8 Å². The number of nitrogens with one attached hydrogen (secondary N) is 2. The van der Waals surface area contributed by atoms with Crippen LogP contribution in [0.4, 0.5) is 10.8 Å². The molecule has 5 nitrogen and oxygen atoms in total. The number of hydrazone groups is 1. The highest BCUT2D eigenvalue weighted by atomic mass is 32.1. The van der Waals surface area contributed by atoms with Crippen molar-refractivity contribution in [3.05, 3.63) is 65.2 Å². The SMILES string of the molecule is CC(C)=NNc1nc2cc(C)c(NC(=O)c3cccc4ccccc34)c(C)c2s1. The molecule has 0 spiro atoms. The monoisotopic (exact) mass is 402 g/mol. The lowest BCUT2D eigenvalue weighted by atomic mass is 10.0. The van der Waals surface area contributed by atoms with Gasteiger partial charge in [0.25, 0.3) is 5.91 Å². The van der Waals surface area contributed by atoms with Crippen molar-refractivity contribution in [1.82, 2.24) is 4.98 Å². The summed E-state index contributed by atoms with van der Waals surface area (Å²) in [6.07, 6.45) is 0. The van der Waals surface area contributed by atoms with Crippen LogP contribution in [0.25, 0.3) is 21.0 Å². The van der Waals surface area contributed by atoms with Gasteiger partial charge in [-0.2, -0.15) is 5.10 Å².